The highest BCUT2D eigenvalue weighted by Crippen LogP contribution is 2.14. The number of nitrogens with one attached hydrogen (secondary N) is 3. The first kappa shape index (κ1) is 13.7. The molecule has 0 radical (unpaired) electrons. The summed E-state index contributed by atoms with van der Waals surface area (Å²) in [5.74, 6) is -0.504. The maximum atomic E-state index is 11.7. The molecule has 0 saturated heterocycles. The Kier molecular flexibility index (Phi) is 3.77. The van der Waals surface area contributed by atoms with Crippen LogP contribution in [-0.4, -0.2) is 42.6 Å². The molecule has 112 valence electrons. The number of hydrogen-bond donors (Lipinski definition) is 3. The lowest BCUT2D eigenvalue weighted by atomic mass is 10.2. The second-order valence-corrected chi connectivity index (χ2v) is 4.52. The van der Waals surface area contributed by atoms with Gasteiger partial charge in [-0.3, -0.25) is 14.5 Å². The molecule has 0 bridgehead atoms. The summed E-state index contributed by atoms with van der Waals surface area (Å²) in [7, 11) is 0. The molecule has 3 N–H and O–H groups in total. The first-order valence-corrected chi connectivity index (χ1v) is 6.61. The predicted molar refractivity (Wildman–Crippen MR) is 77.0 cm³/mol. The van der Waals surface area contributed by atoms with Gasteiger partial charge in [-0.2, -0.15) is 0 Å². The Bertz CT molecular complexity index is 818. The molecule has 2 heterocycles. The molecule has 1 amide bonds. The largest absolute Gasteiger partial charge is 0.347 e. The van der Waals surface area contributed by atoms with Gasteiger partial charge in [0.15, 0.2) is 0 Å². The fraction of sp³-hybridized carbons (Fsp3) is 0.154. The summed E-state index contributed by atoms with van der Waals surface area (Å²) in [5, 5.41) is 16.4. The Morgan fingerprint density at radius 2 is 2.09 bits per heavy atom. The van der Waals surface area contributed by atoms with E-state index in [0.29, 0.717) is 13.1 Å². The van der Waals surface area contributed by atoms with E-state index in [0.717, 1.165) is 11.3 Å². The molecule has 1 aromatic carbocycles. The van der Waals surface area contributed by atoms with Crippen LogP contribution < -0.4 is 11.0 Å². The highest BCUT2D eigenvalue weighted by molar-refractivity contribution is 5.90. The highest BCUT2D eigenvalue weighted by Gasteiger charge is 2.09. The monoisotopic (exact) mass is 299 g/mol. The minimum atomic E-state index is -0.520. The Hall–Kier alpha value is -3.23. The van der Waals surface area contributed by atoms with Crippen molar-refractivity contribution in [1.29, 1.82) is 0 Å². The molecule has 0 aliphatic carbocycles. The van der Waals surface area contributed by atoms with E-state index in [-0.39, 0.29) is 5.82 Å². The maximum Gasteiger partial charge on any atom is 0.341 e. The van der Waals surface area contributed by atoms with E-state index in [1.807, 2.05) is 30.3 Å². The van der Waals surface area contributed by atoms with Crippen molar-refractivity contribution >= 4 is 5.91 Å². The lowest BCUT2D eigenvalue weighted by Gasteiger charge is -2.02. The van der Waals surface area contributed by atoms with Gasteiger partial charge in [-0.1, -0.05) is 35.5 Å². The number of carbonyl (C=O) groups excluding carboxylic acids is 1. The number of carbonyl (C=O) groups is 1. The molecule has 0 aliphatic rings. The lowest BCUT2D eigenvalue weighted by molar-refractivity contribution is 0.0942. The number of H-pyrrole nitrogens is 2. The summed E-state index contributed by atoms with van der Waals surface area (Å²) in [6.07, 6.45) is 1.80. The Balaban J connectivity index is 1.55. The van der Waals surface area contributed by atoms with Crippen molar-refractivity contribution in [3.05, 3.63) is 52.8 Å². The average molecular weight is 299 g/mol. The van der Waals surface area contributed by atoms with E-state index < -0.39 is 11.6 Å². The summed E-state index contributed by atoms with van der Waals surface area (Å²) in [5.41, 5.74) is 1.23. The third-order valence-electron chi connectivity index (χ3n) is 2.95. The second kappa shape index (κ2) is 6.04. The highest BCUT2D eigenvalue weighted by atomic mass is 16.2. The molecule has 0 unspecified atom stereocenters. The van der Waals surface area contributed by atoms with Crippen molar-refractivity contribution in [2.45, 2.75) is 6.54 Å². The van der Waals surface area contributed by atoms with Crippen LogP contribution >= 0.6 is 0 Å². The van der Waals surface area contributed by atoms with Gasteiger partial charge in [0.25, 0.3) is 5.91 Å². The van der Waals surface area contributed by atoms with Crippen LogP contribution in [0.25, 0.3) is 11.3 Å². The Morgan fingerprint density at radius 1 is 1.27 bits per heavy atom. The summed E-state index contributed by atoms with van der Waals surface area (Å²) in [4.78, 5) is 24.8. The maximum absolute atomic E-state index is 11.7. The summed E-state index contributed by atoms with van der Waals surface area (Å²) < 4.78 is 1.63. The number of aromatic amines is 2. The molecule has 9 heteroatoms. The lowest BCUT2D eigenvalue weighted by Crippen LogP contribution is -2.28. The topological polar surface area (TPSA) is 121 Å². The molecule has 0 atom stereocenters. The van der Waals surface area contributed by atoms with Crippen molar-refractivity contribution in [2.75, 3.05) is 6.54 Å². The van der Waals surface area contributed by atoms with Crippen LogP contribution in [0.5, 0.6) is 0 Å². The number of hydrogen-bond acceptors (Lipinski definition) is 5. The molecule has 0 aliphatic heterocycles. The fourth-order valence-corrected chi connectivity index (χ4v) is 1.89. The molecule has 3 rings (SSSR count). The van der Waals surface area contributed by atoms with Gasteiger partial charge < -0.3 is 5.32 Å². The van der Waals surface area contributed by atoms with Gasteiger partial charge in [0.1, 0.15) is 5.69 Å². The van der Waals surface area contributed by atoms with E-state index in [1.54, 1.807) is 10.9 Å². The Morgan fingerprint density at radius 3 is 2.82 bits per heavy atom. The number of benzene rings is 1. The van der Waals surface area contributed by atoms with Gasteiger partial charge >= 0.3 is 5.69 Å². The molecule has 9 nitrogen and oxygen atoms in total. The molecule has 0 saturated carbocycles. The summed E-state index contributed by atoms with van der Waals surface area (Å²) >= 11 is 0. The Labute approximate surface area is 124 Å². The normalized spacial score (nSPS) is 10.5. The zero-order valence-corrected chi connectivity index (χ0v) is 11.5. The molecule has 0 spiro atoms. The molecular weight excluding hydrogens is 286 g/mol. The minimum absolute atomic E-state index is 0.0476. The second-order valence-electron chi connectivity index (χ2n) is 4.52. The van der Waals surface area contributed by atoms with Crippen molar-refractivity contribution in [1.82, 2.24) is 35.5 Å². The predicted octanol–water partition coefficient (Wildman–Crippen LogP) is -0.214. The van der Waals surface area contributed by atoms with Gasteiger partial charge in [0.05, 0.1) is 12.7 Å². The first-order chi connectivity index (χ1) is 10.7. The van der Waals surface area contributed by atoms with Gasteiger partial charge in [-0.15, -0.1) is 10.2 Å². The van der Waals surface area contributed by atoms with E-state index in [9.17, 15) is 9.59 Å². The van der Waals surface area contributed by atoms with Gasteiger partial charge in [0.2, 0.25) is 5.82 Å². The van der Waals surface area contributed by atoms with Crippen molar-refractivity contribution in [3.63, 3.8) is 0 Å². The number of amides is 1. The van der Waals surface area contributed by atoms with E-state index in [1.165, 1.54) is 0 Å². The number of rotatable bonds is 5. The summed E-state index contributed by atoms with van der Waals surface area (Å²) in [6.45, 7) is 0.797. The van der Waals surface area contributed by atoms with Crippen LogP contribution in [0.3, 0.4) is 0 Å². The average Bonchev–Trinajstić information content (AvgIpc) is 3.17. The zero-order chi connectivity index (χ0) is 15.4. The molecule has 0 fully saturated rings. The quantitative estimate of drug-likeness (QED) is 0.601. The first-order valence-electron chi connectivity index (χ1n) is 6.61. The van der Waals surface area contributed by atoms with Crippen molar-refractivity contribution < 1.29 is 4.79 Å². The number of nitrogens with zero attached hydrogens (tertiary/aromatic N) is 4. The van der Waals surface area contributed by atoms with Crippen LogP contribution in [0, 0.1) is 0 Å². The fourth-order valence-electron chi connectivity index (χ4n) is 1.89. The van der Waals surface area contributed by atoms with Gasteiger partial charge in [-0.25, -0.2) is 9.89 Å². The van der Waals surface area contributed by atoms with Crippen LogP contribution in [0.15, 0.2) is 41.3 Å². The van der Waals surface area contributed by atoms with Crippen molar-refractivity contribution in [2.24, 2.45) is 0 Å². The molecule has 22 heavy (non-hydrogen) atoms. The molecule has 3 aromatic rings. The van der Waals surface area contributed by atoms with Crippen LogP contribution in [0.1, 0.15) is 10.6 Å². The van der Waals surface area contributed by atoms with Crippen LogP contribution in [-0.2, 0) is 6.54 Å². The third kappa shape index (κ3) is 3.08. The molecule has 2 aromatic heterocycles. The standard InChI is InChI=1S/C13H13N7O2/c21-12(11-15-13(22)18-17-11)14-6-7-20-8-10(16-19-20)9-4-2-1-3-5-9/h1-5,8H,6-7H2,(H,14,21)(H2,15,17,18,22). The third-order valence-corrected chi connectivity index (χ3v) is 2.95. The minimum Gasteiger partial charge on any atom is -0.347 e. The van der Waals surface area contributed by atoms with Gasteiger partial charge in [0, 0.05) is 12.1 Å². The van der Waals surface area contributed by atoms with Crippen molar-refractivity contribution in [3.8, 4) is 11.3 Å². The summed E-state index contributed by atoms with van der Waals surface area (Å²) in [6, 6.07) is 9.69. The van der Waals surface area contributed by atoms with Crippen LogP contribution in [0.2, 0.25) is 0 Å². The number of aromatic nitrogens is 6. The SMILES string of the molecule is O=C(NCCn1cc(-c2ccccc2)nn1)c1n[nH]c(=O)[nH]1. The van der Waals surface area contributed by atoms with Gasteiger partial charge in [-0.05, 0) is 0 Å². The van der Waals surface area contributed by atoms with Crippen LogP contribution in [0.4, 0.5) is 0 Å². The zero-order valence-electron chi connectivity index (χ0n) is 11.5. The van der Waals surface area contributed by atoms with E-state index in [2.05, 4.69) is 30.8 Å². The molecular formula is C13H13N7O2. The smallest absolute Gasteiger partial charge is 0.341 e. The van der Waals surface area contributed by atoms with E-state index >= 15 is 0 Å². The van der Waals surface area contributed by atoms with E-state index in [4.69, 9.17) is 0 Å².